The molecule has 0 bridgehead atoms. The maximum Gasteiger partial charge on any atom is 0.309 e. The zero-order valence-electron chi connectivity index (χ0n) is 18.1. The summed E-state index contributed by atoms with van der Waals surface area (Å²) in [5, 5.41) is 9.28. The van der Waals surface area contributed by atoms with Gasteiger partial charge in [-0.05, 0) is 47.7 Å². The van der Waals surface area contributed by atoms with Crippen molar-refractivity contribution in [1.82, 2.24) is 4.31 Å². The second-order valence-corrected chi connectivity index (χ2v) is 9.89. The molecule has 3 aromatic carbocycles. The van der Waals surface area contributed by atoms with Crippen LogP contribution in [-0.4, -0.2) is 31.8 Å². The fraction of sp³-hybridized carbons (Fsp3) is 0.231. The lowest BCUT2D eigenvalue weighted by molar-refractivity contribution is -0.151. The van der Waals surface area contributed by atoms with Crippen LogP contribution in [0, 0.1) is 17.2 Å². The second-order valence-electron chi connectivity index (χ2n) is 7.95. The van der Waals surface area contributed by atoms with E-state index in [-0.39, 0.29) is 23.4 Å². The van der Waals surface area contributed by atoms with Crippen LogP contribution in [0.15, 0.2) is 83.8 Å². The molecule has 6 nitrogen and oxygen atoms in total. The van der Waals surface area contributed by atoms with E-state index in [0.29, 0.717) is 31.5 Å². The second kappa shape index (κ2) is 9.99. The molecule has 1 heterocycles. The Balaban J connectivity index is 1.31. The molecular formula is C26H24N2O4S. The Bertz CT molecular complexity index is 1260. The van der Waals surface area contributed by atoms with Crippen molar-refractivity contribution in [1.29, 1.82) is 5.26 Å². The molecule has 0 amide bonds. The molecule has 168 valence electrons. The highest BCUT2D eigenvalue weighted by atomic mass is 32.2. The molecule has 0 aliphatic carbocycles. The van der Waals surface area contributed by atoms with Crippen molar-refractivity contribution in [3.8, 4) is 17.2 Å². The minimum Gasteiger partial charge on any atom is -0.461 e. The van der Waals surface area contributed by atoms with E-state index in [1.54, 1.807) is 36.4 Å². The van der Waals surface area contributed by atoms with Crippen LogP contribution in [-0.2, 0) is 26.2 Å². The Morgan fingerprint density at radius 2 is 1.58 bits per heavy atom. The summed E-state index contributed by atoms with van der Waals surface area (Å²) < 4.78 is 32.4. The molecule has 0 atom stereocenters. The minimum absolute atomic E-state index is 0.154. The molecule has 1 aliphatic heterocycles. The van der Waals surface area contributed by atoms with E-state index in [0.717, 1.165) is 16.7 Å². The van der Waals surface area contributed by atoms with Gasteiger partial charge in [0.1, 0.15) is 6.61 Å². The van der Waals surface area contributed by atoms with Gasteiger partial charge in [0, 0.05) is 13.1 Å². The average Bonchev–Trinajstić information content (AvgIpc) is 2.88. The third-order valence-electron chi connectivity index (χ3n) is 5.86. The van der Waals surface area contributed by atoms with Gasteiger partial charge >= 0.3 is 5.97 Å². The summed E-state index contributed by atoms with van der Waals surface area (Å²) >= 11 is 0. The lowest BCUT2D eigenvalue weighted by atomic mass is 9.98. The number of sulfonamides is 1. The zero-order valence-corrected chi connectivity index (χ0v) is 18.9. The molecule has 4 rings (SSSR count). The number of esters is 1. The number of nitrogens with zero attached hydrogens (tertiary/aromatic N) is 2. The van der Waals surface area contributed by atoms with Gasteiger partial charge in [0.15, 0.2) is 0 Å². The summed E-state index contributed by atoms with van der Waals surface area (Å²) in [7, 11) is -3.54. The van der Waals surface area contributed by atoms with E-state index in [4.69, 9.17) is 4.74 Å². The van der Waals surface area contributed by atoms with Gasteiger partial charge in [0.25, 0.3) is 0 Å². The predicted octanol–water partition coefficient (Wildman–Crippen LogP) is 4.37. The largest absolute Gasteiger partial charge is 0.461 e. The molecule has 1 saturated heterocycles. The number of piperidine rings is 1. The first-order valence-corrected chi connectivity index (χ1v) is 12.2. The van der Waals surface area contributed by atoms with E-state index in [9.17, 15) is 18.5 Å². The number of ether oxygens (including phenoxy) is 1. The van der Waals surface area contributed by atoms with E-state index >= 15 is 0 Å². The molecular weight excluding hydrogens is 436 g/mol. The van der Waals surface area contributed by atoms with E-state index < -0.39 is 10.0 Å². The van der Waals surface area contributed by atoms with Gasteiger partial charge in [-0.25, -0.2) is 8.42 Å². The normalized spacial score (nSPS) is 15.0. The van der Waals surface area contributed by atoms with Gasteiger partial charge < -0.3 is 4.74 Å². The van der Waals surface area contributed by atoms with Crippen molar-refractivity contribution in [2.24, 2.45) is 5.92 Å². The first-order valence-electron chi connectivity index (χ1n) is 10.8. The van der Waals surface area contributed by atoms with Crippen molar-refractivity contribution in [2.75, 3.05) is 13.1 Å². The zero-order chi connectivity index (χ0) is 23.3. The first kappa shape index (κ1) is 22.7. The van der Waals surface area contributed by atoms with Crippen LogP contribution in [0.3, 0.4) is 0 Å². The van der Waals surface area contributed by atoms with Crippen LogP contribution in [0.1, 0.15) is 24.0 Å². The van der Waals surface area contributed by atoms with Crippen LogP contribution < -0.4 is 0 Å². The highest BCUT2D eigenvalue weighted by Crippen LogP contribution is 2.26. The average molecular weight is 461 g/mol. The molecule has 0 unspecified atom stereocenters. The van der Waals surface area contributed by atoms with Gasteiger partial charge in [-0.2, -0.15) is 9.57 Å². The van der Waals surface area contributed by atoms with Crippen LogP contribution in [0.25, 0.3) is 11.1 Å². The third-order valence-corrected chi connectivity index (χ3v) is 7.77. The summed E-state index contributed by atoms with van der Waals surface area (Å²) in [6.07, 6.45) is 0.879. The van der Waals surface area contributed by atoms with Crippen molar-refractivity contribution in [3.63, 3.8) is 0 Å². The quantitative estimate of drug-likeness (QED) is 0.510. The molecule has 0 saturated carbocycles. The molecule has 0 radical (unpaired) electrons. The third kappa shape index (κ3) is 5.14. The van der Waals surface area contributed by atoms with E-state index in [1.807, 2.05) is 42.5 Å². The lowest BCUT2D eigenvalue weighted by Crippen LogP contribution is -2.40. The van der Waals surface area contributed by atoms with Crippen molar-refractivity contribution >= 4 is 16.0 Å². The molecule has 33 heavy (non-hydrogen) atoms. The fourth-order valence-electron chi connectivity index (χ4n) is 3.96. The Morgan fingerprint density at radius 3 is 2.24 bits per heavy atom. The maximum absolute atomic E-state index is 12.7. The Kier molecular flexibility index (Phi) is 6.87. The molecule has 0 aromatic heterocycles. The molecule has 1 fully saturated rings. The smallest absolute Gasteiger partial charge is 0.309 e. The van der Waals surface area contributed by atoms with Gasteiger partial charge in [0.2, 0.25) is 10.0 Å². The lowest BCUT2D eigenvalue weighted by Gasteiger charge is -2.30. The van der Waals surface area contributed by atoms with Crippen molar-refractivity contribution < 1.29 is 17.9 Å². The van der Waals surface area contributed by atoms with Crippen molar-refractivity contribution in [3.05, 3.63) is 90.0 Å². The number of hydrogen-bond acceptors (Lipinski definition) is 5. The summed E-state index contributed by atoms with van der Waals surface area (Å²) in [5.74, 6) is -0.611. The van der Waals surface area contributed by atoms with Crippen LogP contribution in [0.2, 0.25) is 0 Å². The van der Waals surface area contributed by atoms with Gasteiger partial charge in [-0.15, -0.1) is 0 Å². The van der Waals surface area contributed by atoms with E-state index in [1.165, 1.54) is 4.31 Å². The molecule has 7 heteroatoms. The van der Waals surface area contributed by atoms with Crippen LogP contribution >= 0.6 is 0 Å². The fourth-order valence-corrected chi connectivity index (χ4v) is 5.45. The van der Waals surface area contributed by atoms with Gasteiger partial charge in [-0.1, -0.05) is 60.7 Å². The standard InChI is InChI=1S/C26H24N2O4S/c27-18-23-6-4-5-9-25(23)21-12-10-20(11-13-21)19-32-26(29)22-14-16-28(17-15-22)33(30,31)24-7-2-1-3-8-24/h1-13,22H,14-17,19H2. The number of carbonyl (C=O) groups is 1. The van der Waals surface area contributed by atoms with Crippen molar-refractivity contribution in [2.45, 2.75) is 24.3 Å². The SMILES string of the molecule is N#Cc1ccccc1-c1ccc(COC(=O)C2CCN(S(=O)(=O)c3ccccc3)CC2)cc1. The molecule has 0 spiro atoms. The topological polar surface area (TPSA) is 87.5 Å². The predicted molar refractivity (Wildman–Crippen MR) is 124 cm³/mol. The van der Waals surface area contributed by atoms with Gasteiger partial charge in [0.05, 0.1) is 22.4 Å². The number of carbonyl (C=O) groups excluding carboxylic acids is 1. The highest BCUT2D eigenvalue weighted by Gasteiger charge is 2.32. The first-order chi connectivity index (χ1) is 16.0. The number of benzene rings is 3. The Morgan fingerprint density at radius 1 is 0.939 bits per heavy atom. The number of rotatable bonds is 6. The van der Waals surface area contributed by atoms with Gasteiger partial charge in [-0.3, -0.25) is 4.79 Å². The number of nitriles is 1. The minimum atomic E-state index is -3.54. The van der Waals surface area contributed by atoms with Crippen LogP contribution in [0.5, 0.6) is 0 Å². The molecule has 0 N–H and O–H groups in total. The highest BCUT2D eigenvalue weighted by molar-refractivity contribution is 7.89. The maximum atomic E-state index is 12.7. The summed E-state index contributed by atoms with van der Waals surface area (Å²) in [5.41, 5.74) is 3.25. The Labute approximate surface area is 194 Å². The Hall–Kier alpha value is -3.47. The monoisotopic (exact) mass is 460 g/mol. The summed E-state index contributed by atoms with van der Waals surface area (Å²) in [6.45, 7) is 0.746. The molecule has 3 aromatic rings. The molecule has 1 aliphatic rings. The van der Waals surface area contributed by atoms with Crippen LogP contribution in [0.4, 0.5) is 0 Å². The number of hydrogen-bond donors (Lipinski definition) is 0. The van der Waals surface area contributed by atoms with E-state index in [2.05, 4.69) is 6.07 Å². The summed E-state index contributed by atoms with van der Waals surface area (Å²) in [6, 6.07) is 25.5. The summed E-state index contributed by atoms with van der Waals surface area (Å²) in [4.78, 5) is 12.8.